The topological polar surface area (TPSA) is 9.23 Å². The Bertz CT molecular complexity index is 225. The molecule has 0 bridgehead atoms. The molecule has 1 spiro atoms. The SMILES string of the molecule is C=CC1CCC(C=C)C2(CCCC2)O1. The van der Waals surface area contributed by atoms with Crippen LogP contribution in [0.15, 0.2) is 25.3 Å². The van der Waals surface area contributed by atoms with Crippen molar-refractivity contribution in [3.05, 3.63) is 25.3 Å². The van der Waals surface area contributed by atoms with Crippen molar-refractivity contribution in [3.8, 4) is 0 Å². The standard InChI is InChI=1S/C13H20O/c1-3-11-7-8-12(4-2)14-13(11)9-5-6-10-13/h3-4,11-12H,1-2,5-10H2. The van der Waals surface area contributed by atoms with Gasteiger partial charge in [-0.25, -0.2) is 0 Å². The summed E-state index contributed by atoms with van der Waals surface area (Å²) in [5.74, 6) is 0.571. The molecule has 0 aromatic carbocycles. The molecule has 1 aliphatic heterocycles. The molecule has 2 unspecified atom stereocenters. The van der Waals surface area contributed by atoms with Gasteiger partial charge in [0.1, 0.15) is 0 Å². The van der Waals surface area contributed by atoms with Gasteiger partial charge in [-0.3, -0.25) is 0 Å². The maximum absolute atomic E-state index is 6.20. The van der Waals surface area contributed by atoms with E-state index < -0.39 is 0 Å². The van der Waals surface area contributed by atoms with Crippen molar-refractivity contribution in [3.63, 3.8) is 0 Å². The molecule has 0 radical (unpaired) electrons. The highest BCUT2D eigenvalue weighted by Crippen LogP contribution is 2.46. The van der Waals surface area contributed by atoms with Crippen LogP contribution in [0.1, 0.15) is 38.5 Å². The van der Waals surface area contributed by atoms with Crippen molar-refractivity contribution >= 4 is 0 Å². The predicted molar refractivity (Wildman–Crippen MR) is 59.2 cm³/mol. The van der Waals surface area contributed by atoms with Crippen molar-refractivity contribution in [1.82, 2.24) is 0 Å². The van der Waals surface area contributed by atoms with Gasteiger partial charge in [-0.05, 0) is 25.7 Å². The van der Waals surface area contributed by atoms with E-state index in [1.165, 1.54) is 32.1 Å². The summed E-state index contributed by atoms with van der Waals surface area (Å²) in [4.78, 5) is 0. The molecule has 1 aliphatic carbocycles. The van der Waals surface area contributed by atoms with Gasteiger partial charge in [-0.2, -0.15) is 0 Å². The minimum atomic E-state index is 0.124. The lowest BCUT2D eigenvalue weighted by Gasteiger charge is -2.43. The minimum Gasteiger partial charge on any atom is -0.367 e. The summed E-state index contributed by atoms with van der Waals surface area (Å²) in [5, 5.41) is 0. The third kappa shape index (κ3) is 1.54. The Morgan fingerprint density at radius 3 is 2.36 bits per heavy atom. The fourth-order valence-electron chi connectivity index (χ4n) is 3.02. The van der Waals surface area contributed by atoms with Crippen LogP contribution in [0.3, 0.4) is 0 Å². The molecule has 1 heteroatoms. The van der Waals surface area contributed by atoms with E-state index in [-0.39, 0.29) is 11.7 Å². The lowest BCUT2D eigenvalue weighted by Crippen LogP contribution is -2.44. The molecule has 2 fully saturated rings. The van der Waals surface area contributed by atoms with Crippen LogP contribution in [0.2, 0.25) is 0 Å². The number of hydrogen-bond acceptors (Lipinski definition) is 1. The first-order chi connectivity index (χ1) is 6.80. The second-order valence-electron chi connectivity index (χ2n) is 4.58. The maximum Gasteiger partial charge on any atom is 0.0761 e. The molecule has 2 aliphatic rings. The van der Waals surface area contributed by atoms with Gasteiger partial charge in [0.05, 0.1) is 11.7 Å². The van der Waals surface area contributed by atoms with Crippen LogP contribution in [-0.2, 0) is 4.74 Å². The Balaban J connectivity index is 2.15. The van der Waals surface area contributed by atoms with Crippen molar-refractivity contribution in [2.45, 2.75) is 50.2 Å². The molecule has 1 saturated heterocycles. The summed E-state index contributed by atoms with van der Waals surface area (Å²) in [7, 11) is 0. The average molecular weight is 192 g/mol. The van der Waals surface area contributed by atoms with E-state index in [1.807, 2.05) is 6.08 Å². The Labute approximate surface area is 86.8 Å². The Morgan fingerprint density at radius 2 is 1.79 bits per heavy atom. The summed E-state index contributed by atoms with van der Waals surface area (Å²) in [6.07, 6.45) is 11.7. The van der Waals surface area contributed by atoms with Crippen LogP contribution in [0.4, 0.5) is 0 Å². The molecule has 14 heavy (non-hydrogen) atoms. The van der Waals surface area contributed by atoms with E-state index in [0.29, 0.717) is 5.92 Å². The van der Waals surface area contributed by atoms with Crippen molar-refractivity contribution < 1.29 is 4.74 Å². The molecule has 1 heterocycles. The minimum absolute atomic E-state index is 0.124. The summed E-state index contributed by atoms with van der Waals surface area (Å²) >= 11 is 0. The molecular weight excluding hydrogens is 172 g/mol. The van der Waals surface area contributed by atoms with E-state index in [0.717, 1.165) is 6.42 Å². The molecule has 0 aromatic heterocycles. The van der Waals surface area contributed by atoms with Crippen LogP contribution in [0.5, 0.6) is 0 Å². The number of ether oxygens (including phenoxy) is 1. The molecule has 0 aromatic rings. The molecule has 2 rings (SSSR count). The highest BCUT2D eigenvalue weighted by Gasteiger charge is 2.44. The quantitative estimate of drug-likeness (QED) is 0.609. The highest BCUT2D eigenvalue weighted by atomic mass is 16.5. The zero-order valence-electron chi connectivity index (χ0n) is 8.87. The van der Waals surface area contributed by atoms with Gasteiger partial charge in [0.2, 0.25) is 0 Å². The van der Waals surface area contributed by atoms with E-state index >= 15 is 0 Å². The zero-order chi connectivity index (χ0) is 10.0. The molecule has 2 atom stereocenters. The van der Waals surface area contributed by atoms with Crippen LogP contribution >= 0.6 is 0 Å². The van der Waals surface area contributed by atoms with E-state index in [9.17, 15) is 0 Å². The monoisotopic (exact) mass is 192 g/mol. The van der Waals surface area contributed by atoms with Crippen molar-refractivity contribution in [2.24, 2.45) is 5.92 Å². The second-order valence-corrected chi connectivity index (χ2v) is 4.58. The maximum atomic E-state index is 6.20. The molecule has 0 amide bonds. The smallest absolute Gasteiger partial charge is 0.0761 e. The molecular formula is C13H20O. The average Bonchev–Trinajstić information content (AvgIpc) is 2.67. The lowest BCUT2D eigenvalue weighted by molar-refractivity contribution is -0.129. The molecule has 1 saturated carbocycles. The van der Waals surface area contributed by atoms with Gasteiger partial charge in [0.25, 0.3) is 0 Å². The van der Waals surface area contributed by atoms with Gasteiger partial charge in [-0.1, -0.05) is 25.0 Å². The summed E-state index contributed by atoms with van der Waals surface area (Å²) < 4.78 is 6.20. The van der Waals surface area contributed by atoms with Gasteiger partial charge >= 0.3 is 0 Å². The summed E-state index contributed by atoms with van der Waals surface area (Å²) in [5.41, 5.74) is 0.124. The third-order valence-electron chi connectivity index (χ3n) is 3.82. The van der Waals surface area contributed by atoms with Crippen molar-refractivity contribution in [2.75, 3.05) is 0 Å². The van der Waals surface area contributed by atoms with Gasteiger partial charge in [0, 0.05) is 5.92 Å². The normalized spacial score (nSPS) is 35.7. The summed E-state index contributed by atoms with van der Waals surface area (Å²) in [6.45, 7) is 7.79. The van der Waals surface area contributed by atoms with E-state index in [1.54, 1.807) is 0 Å². The van der Waals surface area contributed by atoms with Gasteiger partial charge in [-0.15, -0.1) is 13.2 Å². The fourth-order valence-corrected chi connectivity index (χ4v) is 3.02. The first kappa shape index (κ1) is 9.97. The first-order valence-electron chi connectivity index (χ1n) is 5.74. The Hall–Kier alpha value is -0.560. The lowest BCUT2D eigenvalue weighted by atomic mass is 9.79. The van der Waals surface area contributed by atoms with Gasteiger partial charge < -0.3 is 4.74 Å². The van der Waals surface area contributed by atoms with Crippen LogP contribution in [0.25, 0.3) is 0 Å². The number of hydrogen-bond donors (Lipinski definition) is 0. The largest absolute Gasteiger partial charge is 0.367 e. The van der Waals surface area contributed by atoms with E-state index in [2.05, 4.69) is 19.2 Å². The van der Waals surface area contributed by atoms with Crippen molar-refractivity contribution in [1.29, 1.82) is 0 Å². The molecule has 78 valence electrons. The van der Waals surface area contributed by atoms with E-state index in [4.69, 9.17) is 4.74 Å². The van der Waals surface area contributed by atoms with Crippen LogP contribution in [-0.4, -0.2) is 11.7 Å². The van der Waals surface area contributed by atoms with Gasteiger partial charge in [0.15, 0.2) is 0 Å². The first-order valence-corrected chi connectivity index (χ1v) is 5.74. The van der Waals surface area contributed by atoms with Crippen LogP contribution in [0, 0.1) is 5.92 Å². The Kier molecular flexibility index (Phi) is 2.78. The molecule has 1 nitrogen and oxygen atoms in total. The third-order valence-corrected chi connectivity index (χ3v) is 3.82. The fraction of sp³-hybridized carbons (Fsp3) is 0.692. The summed E-state index contributed by atoms with van der Waals surface area (Å²) in [6, 6.07) is 0. The number of rotatable bonds is 2. The Morgan fingerprint density at radius 1 is 1.07 bits per heavy atom. The zero-order valence-corrected chi connectivity index (χ0v) is 8.87. The molecule has 0 N–H and O–H groups in total. The second kappa shape index (κ2) is 3.90. The predicted octanol–water partition coefficient (Wildman–Crippen LogP) is 3.47. The van der Waals surface area contributed by atoms with Crippen LogP contribution < -0.4 is 0 Å². The highest BCUT2D eigenvalue weighted by molar-refractivity contribution is 5.04.